The topological polar surface area (TPSA) is 65.0 Å². The summed E-state index contributed by atoms with van der Waals surface area (Å²) in [6.07, 6.45) is 0.697. The van der Waals surface area contributed by atoms with Gasteiger partial charge < -0.3 is 19.2 Å². The highest BCUT2D eigenvalue weighted by Gasteiger charge is 2.52. The fourth-order valence-electron chi connectivity index (χ4n) is 2.04. The number of rotatable bonds is 3. The fourth-order valence-corrected chi connectivity index (χ4v) is 2.04. The zero-order chi connectivity index (χ0) is 15.1. The first-order valence-corrected chi connectivity index (χ1v) is 6.43. The smallest absolute Gasteiger partial charge is 0.495 e. The molecule has 0 aliphatic carbocycles. The fraction of sp³-hybridized carbons (Fsp3) is 0.500. The van der Waals surface area contributed by atoms with E-state index in [1.165, 1.54) is 19.2 Å². The number of carbonyl (C=O) groups is 1. The van der Waals surface area contributed by atoms with Gasteiger partial charge in [-0.05, 0) is 45.3 Å². The molecular formula is C14H19BO5. The molecule has 0 spiro atoms. The third-order valence-corrected chi connectivity index (χ3v) is 4.02. The number of hydrogen-bond acceptors (Lipinski definition) is 5. The van der Waals surface area contributed by atoms with Gasteiger partial charge in [-0.15, -0.1) is 0 Å². The van der Waals surface area contributed by atoms with Crippen molar-refractivity contribution in [2.45, 2.75) is 38.9 Å². The predicted molar refractivity (Wildman–Crippen MR) is 75.8 cm³/mol. The van der Waals surface area contributed by atoms with Gasteiger partial charge in [0.25, 0.3) is 0 Å². The molecule has 1 aromatic carbocycles. The Hall–Kier alpha value is -1.53. The molecule has 0 bridgehead atoms. The van der Waals surface area contributed by atoms with Crippen molar-refractivity contribution in [1.29, 1.82) is 0 Å². The third-order valence-electron chi connectivity index (χ3n) is 4.02. The first-order chi connectivity index (χ1) is 9.21. The Morgan fingerprint density at radius 2 is 1.75 bits per heavy atom. The zero-order valence-corrected chi connectivity index (χ0v) is 12.4. The lowest BCUT2D eigenvalue weighted by atomic mass is 9.76. The largest absolute Gasteiger partial charge is 0.504 e. The maximum absolute atomic E-state index is 11.2. The van der Waals surface area contributed by atoms with Crippen LogP contribution in [0.3, 0.4) is 0 Å². The second-order valence-corrected chi connectivity index (χ2v) is 5.86. The van der Waals surface area contributed by atoms with Crippen molar-refractivity contribution in [2.75, 3.05) is 7.11 Å². The van der Waals surface area contributed by atoms with Gasteiger partial charge in [0.15, 0.2) is 11.5 Å². The van der Waals surface area contributed by atoms with Gasteiger partial charge in [-0.1, -0.05) is 0 Å². The summed E-state index contributed by atoms with van der Waals surface area (Å²) >= 11 is 0. The Labute approximate surface area is 119 Å². The summed E-state index contributed by atoms with van der Waals surface area (Å²) in [4.78, 5) is 11.2. The highest BCUT2D eigenvalue weighted by molar-refractivity contribution is 6.63. The number of benzene rings is 1. The van der Waals surface area contributed by atoms with E-state index in [4.69, 9.17) is 14.0 Å². The van der Waals surface area contributed by atoms with Crippen molar-refractivity contribution >= 4 is 18.9 Å². The molecule has 1 N–H and O–H groups in total. The second-order valence-electron chi connectivity index (χ2n) is 5.86. The van der Waals surface area contributed by atoms with E-state index in [1.807, 2.05) is 27.7 Å². The molecule has 20 heavy (non-hydrogen) atoms. The van der Waals surface area contributed by atoms with Crippen molar-refractivity contribution in [1.82, 2.24) is 0 Å². The average Bonchev–Trinajstić information content (AvgIpc) is 2.58. The molecule has 1 saturated heterocycles. The monoisotopic (exact) mass is 278 g/mol. The van der Waals surface area contributed by atoms with Gasteiger partial charge in [0, 0.05) is 5.56 Å². The summed E-state index contributed by atoms with van der Waals surface area (Å²) in [6, 6.07) is 2.92. The molecular weight excluding hydrogens is 259 g/mol. The van der Waals surface area contributed by atoms with Crippen molar-refractivity contribution < 1.29 is 23.9 Å². The molecule has 1 heterocycles. The molecule has 0 radical (unpaired) electrons. The summed E-state index contributed by atoms with van der Waals surface area (Å²) in [5.41, 5.74) is -0.143. The Bertz CT molecular complexity index is 523. The van der Waals surface area contributed by atoms with Crippen LogP contribution in [0.2, 0.25) is 0 Å². The van der Waals surface area contributed by atoms with Crippen molar-refractivity contribution in [2.24, 2.45) is 0 Å². The molecule has 0 unspecified atom stereocenters. The SMILES string of the molecule is COc1cc(C=O)c(B2OC(C)(C)C(C)(C)O2)cc1O. The number of aldehydes is 1. The molecule has 1 aliphatic rings. The van der Waals surface area contributed by atoms with Crippen LogP contribution >= 0.6 is 0 Å². The highest BCUT2D eigenvalue weighted by atomic mass is 16.7. The van der Waals surface area contributed by atoms with E-state index in [0.29, 0.717) is 17.3 Å². The Kier molecular flexibility index (Phi) is 3.56. The summed E-state index contributed by atoms with van der Waals surface area (Å²) in [6.45, 7) is 7.71. The summed E-state index contributed by atoms with van der Waals surface area (Å²) in [5.74, 6) is 0.190. The molecule has 0 amide bonds. The van der Waals surface area contributed by atoms with Crippen LogP contribution in [0.15, 0.2) is 12.1 Å². The zero-order valence-electron chi connectivity index (χ0n) is 12.4. The highest BCUT2D eigenvalue weighted by Crippen LogP contribution is 2.37. The first kappa shape index (κ1) is 14.9. The number of phenolic OH excluding ortho intramolecular Hbond substituents is 1. The quantitative estimate of drug-likeness (QED) is 0.670. The molecule has 2 rings (SSSR count). The molecule has 0 aromatic heterocycles. The standard InChI is InChI=1S/C14H19BO5/c1-13(2)14(3,4)20-15(19-13)10-7-11(17)12(18-5)6-9(10)8-16/h6-8,17H,1-5H3. The van der Waals surface area contributed by atoms with Gasteiger partial charge in [-0.2, -0.15) is 0 Å². The molecule has 0 atom stereocenters. The number of ether oxygens (including phenoxy) is 1. The van der Waals surface area contributed by atoms with Gasteiger partial charge in [-0.25, -0.2) is 0 Å². The minimum Gasteiger partial charge on any atom is -0.504 e. The molecule has 108 valence electrons. The van der Waals surface area contributed by atoms with Crippen molar-refractivity contribution in [3.8, 4) is 11.5 Å². The van der Waals surface area contributed by atoms with Crippen LogP contribution in [0.1, 0.15) is 38.1 Å². The van der Waals surface area contributed by atoms with E-state index >= 15 is 0 Å². The van der Waals surface area contributed by atoms with Gasteiger partial charge in [0.1, 0.15) is 6.29 Å². The van der Waals surface area contributed by atoms with E-state index in [9.17, 15) is 9.90 Å². The van der Waals surface area contributed by atoms with Gasteiger partial charge in [0.05, 0.1) is 18.3 Å². The number of phenols is 1. The number of carbonyl (C=O) groups excluding carboxylic acids is 1. The predicted octanol–water partition coefficient (Wildman–Crippen LogP) is 1.51. The van der Waals surface area contributed by atoms with E-state index in [0.717, 1.165) is 0 Å². The third kappa shape index (κ3) is 2.29. The number of hydrogen-bond donors (Lipinski definition) is 1. The lowest BCUT2D eigenvalue weighted by Crippen LogP contribution is -2.41. The summed E-state index contributed by atoms with van der Waals surface area (Å²) in [5, 5.41) is 9.88. The van der Waals surface area contributed by atoms with Crippen LogP contribution in [0.4, 0.5) is 0 Å². The number of methoxy groups -OCH3 is 1. The maximum Gasteiger partial charge on any atom is 0.495 e. The van der Waals surface area contributed by atoms with Crippen LogP contribution < -0.4 is 10.2 Å². The minimum absolute atomic E-state index is 0.0530. The molecule has 6 heteroatoms. The van der Waals surface area contributed by atoms with E-state index in [-0.39, 0.29) is 11.5 Å². The lowest BCUT2D eigenvalue weighted by Gasteiger charge is -2.32. The van der Waals surface area contributed by atoms with Crippen molar-refractivity contribution in [3.63, 3.8) is 0 Å². The molecule has 0 saturated carbocycles. The summed E-state index contributed by atoms with van der Waals surface area (Å²) in [7, 11) is 0.731. The Morgan fingerprint density at radius 3 is 2.20 bits per heavy atom. The van der Waals surface area contributed by atoms with Crippen LogP contribution in [-0.4, -0.2) is 36.8 Å². The van der Waals surface area contributed by atoms with Gasteiger partial charge in [0.2, 0.25) is 0 Å². The normalized spacial score (nSPS) is 19.9. The molecule has 1 fully saturated rings. The average molecular weight is 278 g/mol. The second kappa shape index (κ2) is 4.79. The van der Waals surface area contributed by atoms with E-state index in [2.05, 4.69) is 0 Å². The van der Waals surface area contributed by atoms with E-state index < -0.39 is 18.3 Å². The van der Waals surface area contributed by atoms with Crippen LogP contribution in [0, 0.1) is 0 Å². The molecule has 1 aromatic rings. The van der Waals surface area contributed by atoms with Crippen LogP contribution in [0.25, 0.3) is 0 Å². The van der Waals surface area contributed by atoms with Crippen LogP contribution in [-0.2, 0) is 9.31 Å². The van der Waals surface area contributed by atoms with Gasteiger partial charge >= 0.3 is 7.12 Å². The maximum atomic E-state index is 11.2. The number of aromatic hydroxyl groups is 1. The minimum atomic E-state index is -0.697. The van der Waals surface area contributed by atoms with E-state index in [1.54, 1.807) is 0 Å². The lowest BCUT2D eigenvalue weighted by molar-refractivity contribution is 0.00578. The Morgan fingerprint density at radius 1 is 1.20 bits per heavy atom. The molecule has 1 aliphatic heterocycles. The first-order valence-electron chi connectivity index (χ1n) is 6.43. The van der Waals surface area contributed by atoms with Crippen molar-refractivity contribution in [3.05, 3.63) is 17.7 Å². The van der Waals surface area contributed by atoms with Crippen LogP contribution in [0.5, 0.6) is 11.5 Å². The van der Waals surface area contributed by atoms with Gasteiger partial charge in [-0.3, -0.25) is 4.79 Å². The Balaban J connectivity index is 2.44. The summed E-state index contributed by atoms with van der Waals surface area (Å²) < 4.78 is 16.8. The molecule has 5 nitrogen and oxygen atoms in total.